The van der Waals surface area contributed by atoms with Crippen LogP contribution in [-0.2, 0) is 6.54 Å². The van der Waals surface area contributed by atoms with Gasteiger partial charge in [0.15, 0.2) is 0 Å². The molecule has 0 aromatic heterocycles. The molecule has 0 bridgehead atoms. The number of benzene rings is 2. The Hall–Kier alpha value is -1.55. The molecule has 0 aliphatic carbocycles. The first-order valence-corrected chi connectivity index (χ1v) is 7.80. The zero-order valence-electron chi connectivity index (χ0n) is 12.2. The summed E-state index contributed by atoms with van der Waals surface area (Å²) in [7, 11) is 0. The fourth-order valence-electron chi connectivity index (χ4n) is 1.98. The average Bonchev–Trinajstić information content (AvgIpc) is 2.47. The van der Waals surface area contributed by atoms with E-state index in [4.69, 9.17) is 4.74 Å². The van der Waals surface area contributed by atoms with E-state index >= 15 is 0 Å². The highest BCUT2D eigenvalue weighted by atomic mass is 79.9. The number of rotatable bonds is 6. The van der Waals surface area contributed by atoms with Crippen molar-refractivity contribution in [1.82, 2.24) is 0 Å². The van der Waals surface area contributed by atoms with Gasteiger partial charge in [0.1, 0.15) is 11.6 Å². The largest absolute Gasteiger partial charge is 0.491 e. The second-order valence-corrected chi connectivity index (χ2v) is 5.85. The molecule has 0 fully saturated rings. The van der Waals surface area contributed by atoms with Gasteiger partial charge in [-0.2, -0.15) is 0 Å². The van der Waals surface area contributed by atoms with E-state index in [0.29, 0.717) is 18.7 Å². The molecule has 0 radical (unpaired) electrons. The topological polar surface area (TPSA) is 21.3 Å². The summed E-state index contributed by atoms with van der Waals surface area (Å²) in [4.78, 5) is 0. The van der Waals surface area contributed by atoms with Crippen molar-refractivity contribution in [2.45, 2.75) is 26.8 Å². The third-order valence-electron chi connectivity index (χ3n) is 3.08. The lowest BCUT2D eigenvalue weighted by atomic mass is 10.2. The van der Waals surface area contributed by atoms with Gasteiger partial charge in [0.05, 0.1) is 12.3 Å². The zero-order chi connectivity index (χ0) is 15.2. The van der Waals surface area contributed by atoms with E-state index in [-0.39, 0.29) is 5.82 Å². The van der Waals surface area contributed by atoms with Crippen LogP contribution in [0.2, 0.25) is 0 Å². The van der Waals surface area contributed by atoms with Crippen LogP contribution in [0.25, 0.3) is 0 Å². The molecule has 2 aromatic carbocycles. The highest BCUT2D eigenvalue weighted by Gasteiger charge is 2.07. The van der Waals surface area contributed by atoms with Crippen molar-refractivity contribution < 1.29 is 9.13 Å². The predicted octanol–water partition coefficient (Wildman–Crippen LogP) is 5.30. The molecule has 2 aromatic rings. The van der Waals surface area contributed by atoms with Crippen LogP contribution in [0, 0.1) is 12.7 Å². The highest BCUT2D eigenvalue weighted by molar-refractivity contribution is 9.10. The van der Waals surface area contributed by atoms with E-state index < -0.39 is 0 Å². The van der Waals surface area contributed by atoms with Crippen molar-refractivity contribution in [2.75, 3.05) is 11.9 Å². The Bertz CT molecular complexity index is 616. The van der Waals surface area contributed by atoms with Gasteiger partial charge in [-0.25, -0.2) is 4.39 Å². The standard InChI is InChI=1S/C17H19BrFNO/c1-3-8-21-17-9-12(2)4-7-16(17)20-11-13-10-14(18)5-6-15(13)19/h4-7,9-10,20H,3,8,11H2,1-2H3. The fourth-order valence-corrected chi connectivity index (χ4v) is 2.38. The monoisotopic (exact) mass is 351 g/mol. The normalized spacial score (nSPS) is 10.5. The number of hydrogen-bond donors (Lipinski definition) is 1. The van der Waals surface area contributed by atoms with Crippen LogP contribution in [0.4, 0.5) is 10.1 Å². The molecule has 112 valence electrons. The molecule has 1 N–H and O–H groups in total. The van der Waals surface area contributed by atoms with Crippen LogP contribution in [0.5, 0.6) is 5.75 Å². The molecule has 21 heavy (non-hydrogen) atoms. The van der Waals surface area contributed by atoms with Crippen LogP contribution < -0.4 is 10.1 Å². The molecule has 0 spiro atoms. The maximum Gasteiger partial charge on any atom is 0.142 e. The van der Waals surface area contributed by atoms with Gasteiger partial charge in [-0.05, 0) is 49.2 Å². The van der Waals surface area contributed by atoms with Gasteiger partial charge >= 0.3 is 0 Å². The number of anilines is 1. The van der Waals surface area contributed by atoms with Gasteiger partial charge in [-0.15, -0.1) is 0 Å². The van der Waals surface area contributed by atoms with Crippen molar-refractivity contribution in [2.24, 2.45) is 0 Å². The van der Waals surface area contributed by atoms with Crippen LogP contribution >= 0.6 is 15.9 Å². The number of halogens is 2. The van der Waals surface area contributed by atoms with Gasteiger partial charge in [0.2, 0.25) is 0 Å². The molecule has 0 saturated heterocycles. The Labute approximate surface area is 133 Å². The third-order valence-corrected chi connectivity index (χ3v) is 3.57. The minimum atomic E-state index is -0.214. The first-order valence-electron chi connectivity index (χ1n) is 7.01. The van der Waals surface area contributed by atoms with Crippen molar-refractivity contribution in [3.63, 3.8) is 0 Å². The van der Waals surface area contributed by atoms with Crippen molar-refractivity contribution >= 4 is 21.6 Å². The van der Waals surface area contributed by atoms with E-state index in [1.54, 1.807) is 12.1 Å². The summed E-state index contributed by atoms with van der Waals surface area (Å²) in [6.45, 7) is 5.18. The van der Waals surface area contributed by atoms with Crippen molar-refractivity contribution in [1.29, 1.82) is 0 Å². The molecule has 2 nitrogen and oxygen atoms in total. The van der Waals surface area contributed by atoms with Gasteiger partial charge in [0.25, 0.3) is 0 Å². The minimum Gasteiger partial charge on any atom is -0.491 e. The van der Waals surface area contributed by atoms with Crippen LogP contribution in [0.1, 0.15) is 24.5 Å². The zero-order valence-corrected chi connectivity index (χ0v) is 13.8. The number of nitrogens with one attached hydrogen (secondary N) is 1. The van der Waals surface area contributed by atoms with E-state index in [2.05, 4.69) is 28.2 Å². The van der Waals surface area contributed by atoms with Gasteiger partial charge in [0, 0.05) is 16.6 Å². The predicted molar refractivity (Wildman–Crippen MR) is 88.4 cm³/mol. The van der Waals surface area contributed by atoms with Gasteiger partial charge in [-0.1, -0.05) is 28.9 Å². The lowest BCUT2D eigenvalue weighted by molar-refractivity contribution is 0.318. The van der Waals surface area contributed by atoms with Crippen molar-refractivity contribution in [3.8, 4) is 5.75 Å². The minimum absolute atomic E-state index is 0.214. The van der Waals surface area contributed by atoms with Gasteiger partial charge < -0.3 is 10.1 Å². The number of hydrogen-bond acceptors (Lipinski definition) is 2. The summed E-state index contributed by atoms with van der Waals surface area (Å²) in [6, 6.07) is 10.9. The SMILES string of the molecule is CCCOc1cc(C)ccc1NCc1cc(Br)ccc1F. The number of ether oxygens (including phenoxy) is 1. The summed E-state index contributed by atoms with van der Waals surface area (Å²) in [5.41, 5.74) is 2.64. The lowest BCUT2D eigenvalue weighted by Crippen LogP contribution is -2.05. The number of aryl methyl sites for hydroxylation is 1. The van der Waals surface area contributed by atoms with Crippen LogP contribution in [-0.4, -0.2) is 6.61 Å². The summed E-state index contributed by atoms with van der Waals surface area (Å²) >= 11 is 3.36. The first kappa shape index (κ1) is 15.8. The lowest BCUT2D eigenvalue weighted by Gasteiger charge is -2.14. The van der Waals surface area contributed by atoms with E-state index in [9.17, 15) is 4.39 Å². The molecular formula is C17H19BrFNO. The van der Waals surface area contributed by atoms with Gasteiger partial charge in [-0.3, -0.25) is 0 Å². The molecule has 2 rings (SSSR count). The molecule has 0 unspecified atom stereocenters. The molecule has 0 aliphatic rings. The molecular weight excluding hydrogens is 333 g/mol. The Morgan fingerprint density at radius 1 is 1.19 bits per heavy atom. The molecule has 0 amide bonds. The van der Waals surface area contributed by atoms with Crippen LogP contribution in [0.15, 0.2) is 40.9 Å². The molecule has 0 saturated carbocycles. The van der Waals surface area contributed by atoms with Crippen molar-refractivity contribution in [3.05, 3.63) is 57.8 Å². The Balaban J connectivity index is 2.13. The Morgan fingerprint density at radius 2 is 2.00 bits per heavy atom. The molecule has 4 heteroatoms. The summed E-state index contributed by atoms with van der Waals surface area (Å²) < 4.78 is 20.4. The smallest absolute Gasteiger partial charge is 0.142 e. The Morgan fingerprint density at radius 3 is 2.76 bits per heavy atom. The maximum absolute atomic E-state index is 13.7. The highest BCUT2D eigenvalue weighted by Crippen LogP contribution is 2.27. The van der Waals surface area contributed by atoms with E-state index in [1.165, 1.54) is 6.07 Å². The summed E-state index contributed by atoms with van der Waals surface area (Å²) in [6.07, 6.45) is 0.952. The second-order valence-electron chi connectivity index (χ2n) is 4.94. The maximum atomic E-state index is 13.7. The molecule has 0 aliphatic heterocycles. The first-order chi connectivity index (χ1) is 10.1. The Kier molecular flexibility index (Phi) is 5.62. The molecule has 0 heterocycles. The summed E-state index contributed by atoms with van der Waals surface area (Å²) in [5, 5.41) is 3.25. The average molecular weight is 352 g/mol. The summed E-state index contributed by atoms with van der Waals surface area (Å²) in [5.74, 6) is 0.598. The third kappa shape index (κ3) is 4.46. The quantitative estimate of drug-likeness (QED) is 0.762. The van der Waals surface area contributed by atoms with Crippen LogP contribution in [0.3, 0.4) is 0 Å². The fraction of sp³-hybridized carbons (Fsp3) is 0.294. The molecule has 0 atom stereocenters. The van der Waals surface area contributed by atoms with E-state index in [0.717, 1.165) is 27.9 Å². The second kappa shape index (κ2) is 7.46. The van der Waals surface area contributed by atoms with E-state index in [1.807, 2.05) is 25.1 Å².